The van der Waals surface area contributed by atoms with Gasteiger partial charge in [-0.2, -0.15) is 0 Å². The number of carbonyl (C=O) groups is 1. The standard InChI is InChI=1S/C13H20N2O5S/c1-9(2)15-12-5-4-10(8-11(12)13(16)17)21(18,19)14-6-7-20-3/h4-5,8-9,14-15H,6-7H2,1-3H3,(H,16,17). The molecule has 0 aliphatic rings. The summed E-state index contributed by atoms with van der Waals surface area (Å²) < 4.78 is 31.2. The molecule has 0 heterocycles. The van der Waals surface area contributed by atoms with Crippen molar-refractivity contribution in [3.8, 4) is 0 Å². The summed E-state index contributed by atoms with van der Waals surface area (Å²) in [6.07, 6.45) is 0. The molecule has 0 atom stereocenters. The first-order valence-corrected chi connectivity index (χ1v) is 7.88. The number of aromatic carboxylic acids is 1. The average molecular weight is 316 g/mol. The van der Waals surface area contributed by atoms with Gasteiger partial charge in [0.2, 0.25) is 10.0 Å². The fraction of sp³-hybridized carbons (Fsp3) is 0.462. The van der Waals surface area contributed by atoms with E-state index in [2.05, 4.69) is 10.0 Å². The molecule has 3 N–H and O–H groups in total. The van der Waals surface area contributed by atoms with Gasteiger partial charge >= 0.3 is 5.97 Å². The average Bonchev–Trinajstić information content (AvgIpc) is 2.38. The third-order valence-electron chi connectivity index (χ3n) is 2.57. The van der Waals surface area contributed by atoms with E-state index < -0.39 is 16.0 Å². The van der Waals surface area contributed by atoms with Gasteiger partial charge in [-0.25, -0.2) is 17.9 Å². The van der Waals surface area contributed by atoms with Crippen LogP contribution < -0.4 is 10.0 Å². The molecule has 0 radical (unpaired) electrons. The second-order valence-electron chi connectivity index (χ2n) is 4.70. The predicted octanol–water partition coefficient (Wildman–Crippen LogP) is 1.13. The summed E-state index contributed by atoms with van der Waals surface area (Å²) in [7, 11) is -2.29. The fourth-order valence-electron chi connectivity index (χ4n) is 1.67. The number of sulfonamides is 1. The maximum absolute atomic E-state index is 12.0. The zero-order valence-corrected chi connectivity index (χ0v) is 13.0. The van der Waals surface area contributed by atoms with Crippen molar-refractivity contribution in [1.82, 2.24) is 4.72 Å². The van der Waals surface area contributed by atoms with Crippen LogP contribution in [-0.2, 0) is 14.8 Å². The third kappa shape index (κ3) is 5.00. The Hall–Kier alpha value is -1.64. The molecule has 0 amide bonds. The molecule has 21 heavy (non-hydrogen) atoms. The normalized spacial score (nSPS) is 11.6. The molecule has 0 spiro atoms. The van der Waals surface area contributed by atoms with Gasteiger partial charge in [0.15, 0.2) is 0 Å². The number of methoxy groups -OCH3 is 1. The van der Waals surface area contributed by atoms with Crippen molar-refractivity contribution in [2.75, 3.05) is 25.6 Å². The van der Waals surface area contributed by atoms with Gasteiger partial charge < -0.3 is 15.2 Å². The molecule has 0 aromatic heterocycles. The highest BCUT2D eigenvalue weighted by atomic mass is 32.2. The number of nitrogens with one attached hydrogen (secondary N) is 2. The van der Waals surface area contributed by atoms with Crippen molar-refractivity contribution in [3.05, 3.63) is 23.8 Å². The van der Waals surface area contributed by atoms with Crippen LogP contribution in [0.25, 0.3) is 0 Å². The third-order valence-corrected chi connectivity index (χ3v) is 4.03. The zero-order valence-electron chi connectivity index (χ0n) is 12.2. The molecule has 0 aliphatic carbocycles. The molecule has 1 aromatic rings. The molecule has 1 rings (SSSR count). The summed E-state index contributed by atoms with van der Waals surface area (Å²) in [5.41, 5.74) is 0.298. The van der Waals surface area contributed by atoms with Crippen molar-refractivity contribution in [1.29, 1.82) is 0 Å². The number of carboxylic acid groups (broad SMARTS) is 1. The maximum Gasteiger partial charge on any atom is 0.337 e. The molecule has 8 heteroatoms. The number of anilines is 1. The topological polar surface area (TPSA) is 105 Å². The molecule has 0 bridgehead atoms. The van der Waals surface area contributed by atoms with Crippen LogP contribution in [0.2, 0.25) is 0 Å². The summed E-state index contributed by atoms with van der Waals surface area (Å²) in [6.45, 7) is 4.08. The van der Waals surface area contributed by atoms with Crippen LogP contribution in [0.3, 0.4) is 0 Å². The Morgan fingerprint density at radius 2 is 2.05 bits per heavy atom. The van der Waals surface area contributed by atoms with Crippen molar-refractivity contribution in [2.24, 2.45) is 0 Å². The molecule has 0 saturated heterocycles. The largest absolute Gasteiger partial charge is 0.478 e. The lowest BCUT2D eigenvalue weighted by Crippen LogP contribution is -2.27. The Labute approximate surface area is 124 Å². The Balaban J connectivity index is 3.10. The van der Waals surface area contributed by atoms with Crippen LogP contribution in [0.1, 0.15) is 24.2 Å². The maximum atomic E-state index is 12.0. The summed E-state index contributed by atoms with van der Waals surface area (Å²) in [4.78, 5) is 11.2. The molecule has 0 fully saturated rings. The summed E-state index contributed by atoms with van der Waals surface area (Å²) in [5, 5.41) is 12.2. The van der Waals surface area contributed by atoms with E-state index in [0.717, 1.165) is 6.07 Å². The van der Waals surface area contributed by atoms with Crippen molar-refractivity contribution < 1.29 is 23.1 Å². The van der Waals surface area contributed by atoms with E-state index in [1.165, 1.54) is 19.2 Å². The first kappa shape index (κ1) is 17.4. The van der Waals surface area contributed by atoms with Gasteiger partial charge in [0.25, 0.3) is 0 Å². The SMILES string of the molecule is COCCNS(=O)(=O)c1ccc(NC(C)C)c(C(=O)O)c1. The Morgan fingerprint density at radius 1 is 1.38 bits per heavy atom. The summed E-state index contributed by atoms with van der Waals surface area (Å²) in [6, 6.07) is 3.99. The quantitative estimate of drug-likeness (QED) is 0.621. The van der Waals surface area contributed by atoms with Crippen LogP contribution >= 0.6 is 0 Å². The number of carboxylic acids is 1. The molecule has 0 saturated carbocycles. The van der Waals surface area contributed by atoms with E-state index in [4.69, 9.17) is 4.74 Å². The van der Waals surface area contributed by atoms with Crippen LogP contribution in [0.5, 0.6) is 0 Å². The van der Waals surface area contributed by atoms with Crippen LogP contribution in [0.4, 0.5) is 5.69 Å². The van der Waals surface area contributed by atoms with Gasteiger partial charge in [0.05, 0.1) is 17.1 Å². The number of benzene rings is 1. The van der Waals surface area contributed by atoms with Crippen LogP contribution in [0, 0.1) is 0 Å². The number of hydrogen-bond donors (Lipinski definition) is 3. The minimum absolute atomic E-state index is 0.0328. The predicted molar refractivity (Wildman–Crippen MR) is 79.2 cm³/mol. The first-order valence-electron chi connectivity index (χ1n) is 6.40. The number of hydrogen-bond acceptors (Lipinski definition) is 5. The molecular formula is C13H20N2O5S. The van der Waals surface area contributed by atoms with E-state index in [9.17, 15) is 18.3 Å². The van der Waals surface area contributed by atoms with E-state index in [-0.39, 0.29) is 29.7 Å². The summed E-state index contributed by atoms with van der Waals surface area (Å²) >= 11 is 0. The molecule has 1 aromatic carbocycles. The highest BCUT2D eigenvalue weighted by Crippen LogP contribution is 2.21. The second-order valence-corrected chi connectivity index (χ2v) is 6.47. The van der Waals surface area contributed by atoms with E-state index in [1.54, 1.807) is 0 Å². The Morgan fingerprint density at radius 3 is 2.57 bits per heavy atom. The molecule has 0 unspecified atom stereocenters. The van der Waals surface area contributed by atoms with Gasteiger partial charge in [0, 0.05) is 25.4 Å². The zero-order chi connectivity index (χ0) is 16.0. The smallest absolute Gasteiger partial charge is 0.337 e. The molecule has 118 valence electrons. The monoisotopic (exact) mass is 316 g/mol. The molecule has 7 nitrogen and oxygen atoms in total. The van der Waals surface area contributed by atoms with Gasteiger partial charge in [-0.1, -0.05) is 0 Å². The Kier molecular flexibility index (Phi) is 6.13. The minimum Gasteiger partial charge on any atom is -0.478 e. The van der Waals surface area contributed by atoms with E-state index in [0.29, 0.717) is 5.69 Å². The van der Waals surface area contributed by atoms with E-state index >= 15 is 0 Å². The van der Waals surface area contributed by atoms with Gasteiger partial charge in [-0.3, -0.25) is 0 Å². The van der Waals surface area contributed by atoms with Crippen molar-refractivity contribution in [2.45, 2.75) is 24.8 Å². The molecule has 0 aliphatic heterocycles. The highest BCUT2D eigenvalue weighted by molar-refractivity contribution is 7.89. The van der Waals surface area contributed by atoms with Gasteiger partial charge in [-0.05, 0) is 32.0 Å². The highest BCUT2D eigenvalue weighted by Gasteiger charge is 2.18. The lowest BCUT2D eigenvalue weighted by molar-refractivity contribution is 0.0697. The van der Waals surface area contributed by atoms with Gasteiger partial charge in [-0.15, -0.1) is 0 Å². The van der Waals surface area contributed by atoms with Crippen LogP contribution in [0.15, 0.2) is 23.1 Å². The van der Waals surface area contributed by atoms with Crippen molar-refractivity contribution >= 4 is 21.7 Å². The lowest BCUT2D eigenvalue weighted by Gasteiger charge is -2.14. The lowest BCUT2D eigenvalue weighted by atomic mass is 10.1. The fourth-order valence-corrected chi connectivity index (χ4v) is 2.70. The van der Waals surface area contributed by atoms with E-state index in [1.807, 2.05) is 13.8 Å². The molecular weight excluding hydrogens is 296 g/mol. The number of ether oxygens (including phenoxy) is 1. The second kappa shape index (κ2) is 7.39. The van der Waals surface area contributed by atoms with Gasteiger partial charge in [0.1, 0.15) is 0 Å². The summed E-state index contributed by atoms with van der Waals surface area (Å²) in [5.74, 6) is -1.19. The Bertz CT molecular complexity index is 599. The number of rotatable bonds is 8. The van der Waals surface area contributed by atoms with Crippen LogP contribution in [-0.4, -0.2) is 45.8 Å². The van der Waals surface area contributed by atoms with Crippen molar-refractivity contribution in [3.63, 3.8) is 0 Å². The first-order chi connectivity index (χ1) is 9.77. The minimum atomic E-state index is -3.75.